The number of rotatable bonds is 6. The Morgan fingerprint density at radius 2 is 1.57 bits per heavy atom. The van der Waals surface area contributed by atoms with Gasteiger partial charge in [-0.1, -0.05) is 18.2 Å². The van der Waals surface area contributed by atoms with E-state index in [1.54, 1.807) is 36.4 Å². The fourth-order valence-electron chi connectivity index (χ4n) is 3.00. The number of carboxylic acid groups (broad SMARTS) is 1. The molecule has 0 radical (unpaired) electrons. The fourth-order valence-corrected chi connectivity index (χ4v) is 3.51. The molecule has 2 aromatic heterocycles. The van der Waals surface area contributed by atoms with Gasteiger partial charge < -0.3 is 21.5 Å². The van der Waals surface area contributed by atoms with Gasteiger partial charge in [0.15, 0.2) is 0 Å². The molecule has 0 saturated heterocycles. The number of hydrogen-bond acceptors (Lipinski definition) is 9. The average molecular weight is 494 g/mol. The molecule has 1 amide bonds. The Balaban J connectivity index is 1.45. The van der Waals surface area contributed by atoms with Gasteiger partial charge in [0.1, 0.15) is 5.69 Å². The van der Waals surface area contributed by atoms with Crippen LogP contribution >= 0.6 is 0 Å². The number of carboxylic acids is 1. The van der Waals surface area contributed by atoms with E-state index in [0.717, 1.165) is 4.68 Å². The first-order valence-corrected chi connectivity index (χ1v) is 11.4. The van der Waals surface area contributed by atoms with Crippen LogP contribution in [0.1, 0.15) is 10.5 Å². The van der Waals surface area contributed by atoms with E-state index in [1.165, 1.54) is 30.3 Å². The predicted octanol–water partition coefficient (Wildman–Crippen LogP) is 2.09. The summed E-state index contributed by atoms with van der Waals surface area (Å²) in [5, 5.41) is 23.6. The monoisotopic (exact) mass is 494 g/mol. The zero-order chi connectivity index (χ0) is 25.2. The molecule has 2 heterocycles. The second kappa shape index (κ2) is 9.20. The molecule has 0 spiro atoms. The third-order valence-corrected chi connectivity index (χ3v) is 5.59. The summed E-state index contributed by atoms with van der Waals surface area (Å²) in [6.45, 7) is 0. The number of aromatic nitrogens is 4. The summed E-state index contributed by atoms with van der Waals surface area (Å²) in [4.78, 5) is 31.7. The van der Waals surface area contributed by atoms with Gasteiger partial charge >= 0.3 is 12.0 Å². The Labute approximate surface area is 198 Å². The lowest BCUT2D eigenvalue weighted by atomic mass is 10.1. The summed E-state index contributed by atoms with van der Waals surface area (Å²) >= 11 is 0. The van der Waals surface area contributed by atoms with Crippen LogP contribution in [0.5, 0.6) is 0 Å². The summed E-state index contributed by atoms with van der Waals surface area (Å²) in [7, 11) is -3.82. The highest BCUT2D eigenvalue weighted by atomic mass is 32.2. The normalized spacial score (nSPS) is 11.1. The maximum atomic E-state index is 12.6. The van der Waals surface area contributed by atoms with E-state index in [9.17, 15) is 18.0 Å². The van der Waals surface area contributed by atoms with Gasteiger partial charge in [0, 0.05) is 16.9 Å². The highest BCUT2D eigenvalue weighted by molar-refractivity contribution is 7.89. The van der Waals surface area contributed by atoms with Crippen LogP contribution in [0.25, 0.3) is 11.3 Å². The van der Waals surface area contributed by atoms with Crippen molar-refractivity contribution in [2.24, 2.45) is 5.14 Å². The van der Waals surface area contributed by atoms with Crippen LogP contribution < -0.4 is 21.5 Å². The smallest absolute Gasteiger partial charge is 0.354 e. The summed E-state index contributed by atoms with van der Waals surface area (Å²) in [6.07, 6.45) is 0. The number of nitrogens with one attached hydrogen (secondary N) is 2. The molecule has 0 bridgehead atoms. The van der Waals surface area contributed by atoms with Crippen molar-refractivity contribution in [3.05, 3.63) is 72.4 Å². The molecule has 4 aromatic rings. The molecule has 35 heavy (non-hydrogen) atoms. The number of benzene rings is 2. The highest BCUT2D eigenvalue weighted by Crippen LogP contribution is 2.21. The van der Waals surface area contributed by atoms with Crippen LogP contribution in [0, 0.1) is 0 Å². The number of nitrogen functional groups attached to an aromatic ring is 1. The van der Waals surface area contributed by atoms with Gasteiger partial charge in [-0.05, 0) is 48.5 Å². The number of hydrogen-bond donors (Lipinski definition) is 5. The van der Waals surface area contributed by atoms with E-state index in [1.807, 2.05) is 0 Å². The molecule has 0 aliphatic carbocycles. The van der Waals surface area contributed by atoms with Crippen molar-refractivity contribution >= 4 is 45.3 Å². The van der Waals surface area contributed by atoms with E-state index in [-0.39, 0.29) is 22.5 Å². The highest BCUT2D eigenvalue weighted by Gasteiger charge is 2.15. The number of carbonyl (C=O) groups excluding carboxylic acids is 1. The zero-order valence-electron chi connectivity index (χ0n) is 17.8. The van der Waals surface area contributed by atoms with Crippen molar-refractivity contribution in [2.75, 3.05) is 16.4 Å². The number of amides is 1. The number of nitrogens with zero attached hydrogens (tertiary/aromatic N) is 4. The van der Waals surface area contributed by atoms with Gasteiger partial charge in [-0.25, -0.2) is 28.1 Å². The van der Waals surface area contributed by atoms with Gasteiger partial charge in [0.25, 0.3) is 0 Å². The first-order chi connectivity index (χ1) is 16.6. The molecule has 0 atom stereocenters. The Kier molecular flexibility index (Phi) is 6.14. The number of aromatic carboxylic acids is 1. The third-order valence-electron chi connectivity index (χ3n) is 4.66. The van der Waals surface area contributed by atoms with Crippen molar-refractivity contribution in [1.29, 1.82) is 0 Å². The zero-order valence-corrected chi connectivity index (χ0v) is 18.6. The number of nitrogens with two attached hydrogens (primary N) is 2. The molecular formula is C21H18N8O5S. The average Bonchev–Trinajstić information content (AvgIpc) is 3.19. The second-order valence-corrected chi connectivity index (χ2v) is 8.68. The standard InChI is InChI=1S/C21H18N8O5S/c22-19-27-20(24-13-8-10-15(11-9-13)35(23,33)34)28-29(19)21(32)25-14-6-4-12(5-7-14)16-2-1-3-17(26-16)18(30)31/h1-11H,(H,25,32)(H,30,31)(H2,23,33,34)(H3,22,24,27,28). The molecule has 178 valence electrons. The Hall–Kier alpha value is -4.82. The van der Waals surface area contributed by atoms with E-state index in [4.69, 9.17) is 16.0 Å². The van der Waals surface area contributed by atoms with Crippen LogP contribution in [0.4, 0.5) is 28.1 Å². The van der Waals surface area contributed by atoms with Crippen LogP contribution in [-0.4, -0.2) is 45.3 Å². The minimum absolute atomic E-state index is 0.0146. The number of sulfonamides is 1. The van der Waals surface area contributed by atoms with Gasteiger partial charge in [0.2, 0.25) is 21.9 Å². The number of primary sulfonamides is 1. The first-order valence-electron chi connectivity index (χ1n) is 9.85. The Morgan fingerprint density at radius 3 is 2.20 bits per heavy atom. The lowest BCUT2D eigenvalue weighted by Crippen LogP contribution is -2.22. The van der Waals surface area contributed by atoms with Gasteiger partial charge in [-0.3, -0.25) is 0 Å². The van der Waals surface area contributed by atoms with Crippen molar-refractivity contribution in [2.45, 2.75) is 4.90 Å². The second-order valence-electron chi connectivity index (χ2n) is 7.12. The van der Waals surface area contributed by atoms with Gasteiger partial charge in [-0.2, -0.15) is 4.98 Å². The van der Waals surface area contributed by atoms with E-state index < -0.39 is 22.0 Å². The third kappa shape index (κ3) is 5.40. The van der Waals surface area contributed by atoms with E-state index in [0.29, 0.717) is 22.6 Å². The quantitative estimate of drug-likeness (QED) is 0.263. The lowest BCUT2D eigenvalue weighted by molar-refractivity contribution is 0.0690. The van der Waals surface area contributed by atoms with E-state index in [2.05, 4.69) is 25.7 Å². The molecule has 0 unspecified atom stereocenters. The molecule has 0 aliphatic heterocycles. The van der Waals surface area contributed by atoms with E-state index >= 15 is 0 Å². The van der Waals surface area contributed by atoms with Crippen molar-refractivity contribution in [1.82, 2.24) is 19.7 Å². The SMILES string of the molecule is Nc1nc(Nc2ccc(S(N)(=O)=O)cc2)nn1C(=O)Nc1ccc(-c2cccc(C(=O)O)n2)cc1. The molecule has 4 rings (SSSR count). The summed E-state index contributed by atoms with van der Waals surface area (Å²) in [6, 6.07) is 16.1. The predicted molar refractivity (Wildman–Crippen MR) is 127 cm³/mol. The first kappa shape index (κ1) is 23.3. The minimum atomic E-state index is -3.82. The molecule has 0 aliphatic rings. The number of carbonyl (C=O) groups is 2. The van der Waals surface area contributed by atoms with Crippen LogP contribution in [-0.2, 0) is 10.0 Å². The maximum absolute atomic E-state index is 12.6. The number of pyridine rings is 1. The maximum Gasteiger partial charge on any atom is 0.354 e. The van der Waals surface area contributed by atoms with Crippen LogP contribution in [0.2, 0.25) is 0 Å². The molecular weight excluding hydrogens is 476 g/mol. The van der Waals surface area contributed by atoms with Crippen molar-refractivity contribution < 1.29 is 23.1 Å². The molecule has 0 saturated carbocycles. The van der Waals surface area contributed by atoms with Crippen LogP contribution in [0.3, 0.4) is 0 Å². The van der Waals surface area contributed by atoms with Crippen molar-refractivity contribution in [3.63, 3.8) is 0 Å². The fraction of sp³-hybridized carbons (Fsp3) is 0. The molecule has 2 aromatic carbocycles. The summed E-state index contributed by atoms with van der Waals surface area (Å²) < 4.78 is 23.6. The molecule has 0 fully saturated rings. The van der Waals surface area contributed by atoms with Gasteiger partial charge in [0.05, 0.1) is 10.6 Å². The summed E-state index contributed by atoms with van der Waals surface area (Å²) in [5.41, 5.74) is 7.73. The number of anilines is 4. The molecule has 14 heteroatoms. The Morgan fingerprint density at radius 1 is 0.914 bits per heavy atom. The topological polar surface area (TPSA) is 208 Å². The van der Waals surface area contributed by atoms with Gasteiger partial charge in [-0.15, -0.1) is 9.78 Å². The lowest BCUT2D eigenvalue weighted by Gasteiger charge is -2.07. The Bertz CT molecular complexity index is 1520. The minimum Gasteiger partial charge on any atom is -0.477 e. The van der Waals surface area contributed by atoms with Crippen molar-refractivity contribution in [3.8, 4) is 11.3 Å². The summed E-state index contributed by atoms with van der Waals surface area (Å²) in [5.74, 6) is -1.30. The molecule has 13 nitrogen and oxygen atoms in total. The largest absolute Gasteiger partial charge is 0.477 e. The van der Waals surface area contributed by atoms with Crippen LogP contribution in [0.15, 0.2) is 71.6 Å². The molecule has 7 N–H and O–H groups in total.